The van der Waals surface area contributed by atoms with E-state index in [-0.39, 0.29) is 29.0 Å². The standard InChI is InChI=1S/C25H21FN2O5/c1-32-16-9-10-18(20(12-16)33-2)23(29)21-22(17-7-3-4-8-19(17)26)28(25(31)24(21)30)14-15-6-5-11-27-13-15/h3-13,22,29H,14H2,1-2H3/b23-21+/t22-/m1/s1. The van der Waals surface area contributed by atoms with E-state index in [0.717, 1.165) is 0 Å². The van der Waals surface area contributed by atoms with E-state index in [1.165, 1.54) is 43.4 Å². The molecule has 0 saturated carbocycles. The van der Waals surface area contributed by atoms with Crippen LogP contribution >= 0.6 is 0 Å². The van der Waals surface area contributed by atoms with Gasteiger partial charge >= 0.3 is 0 Å². The van der Waals surface area contributed by atoms with Gasteiger partial charge in [-0.1, -0.05) is 24.3 Å². The molecule has 3 aromatic rings. The predicted molar refractivity (Wildman–Crippen MR) is 118 cm³/mol. The third kappa shape index (κ3) is 4.03. The molecule has 0 aliphatic carbocycles. The summed E-state index contributed by atoms with van der Waals surface area (Å²) in [5, 5.41) is 11.2. The number of aliphatic hydroxyl groups excluding tert-OH is 1. The Morgan fingerprint density at radius 3 is 2.55 bits per heavy atom. The van der Waals surface area contributed by atoms with Crippen molar-refractivity contribution in [2.45, 2.75) is 12.6 Å². The predicted octanol–water partition coefficient (Wildman–Crippen LogP) is 3.86. The van der Waals surface area contributed by atoms with Gasteiger partial charge in [-0.25, -0.2) is 4.39 Å². The molecule has 33 heavy (non-hydrogen) atoms. The SMILES string of the molecule is COc1ccc(/C(O)=C2\C(=O)C(=O)N(Cc3cccnc3)[C@@H]2c2ccccc2F)c(OC)c1. The van der Waals surface area contributed by atoms with Gasteiger partial charge in [0.2, 0.25) is 0 Å². The van der Waals surface area contributed by atoms with Gasteiger partial charge in [-0.15, -0.1) is 0 Å². The fraction of sp³-hybridized carbons (Fsp3) is 0.160. The van der Waals surface area contributed by atoms with Crippen molar-refractivity contribution >= 4 is 17.4 Å². The fourth-order valence-electron chi connectivity index (χ4n) is 3.89. The van der Waals surface area contributed by atoms with E-state index in [1.807, 2.05) is 0 Å². The normalized spacial score (nSPS) is 17.3. The molecule has 1 amide bonds. The zero-order chi connectivity index (χ0) is 23.5. The first-order valence-corrected chi connectivity index (χ1v) is 10.1. The number of hydrogen-bond acceptors (Lipinski definition) is 6. The van der Waals surface area contributed by atoms with Gasteiger partial charge in [0.1, 0.15) is 23.1 Å². The summed E-state index contributed by atoms with van der Waals surface area (Å²) in [5.74, 6) is -2.12. The van der Waals surface area contributed by atoms with E-state index >= 15 is 0 Å². The summed E-state index contributed by atoms with van der Waals surface area (Å²) in [6.07, 6.45) is 3.14. The number of carbonyl (C=O) groups excluding carboxylic acids is 2. The summed E-state index contributed by atoms with van der Waals surface area (Å²) in [5.41, 5.74) is 0.703. The highest BCUT2D eigenvalue weighted by atomic mass is 19.1. The topological polar surface area (TPSA) is 89.0 Å². The highest BCUT2D eigenvalue weighted by molar-refractivity contribution is 6.46. The molecular formula is C25H21FN2O5. The molecule has 0 radical (unpaired) electrons. The van der Waals surface area contributed by atoms with Gasteiger partial charge in [0.15, 0.2) is 0 Å². The second kappa shape index (κ2) is 9.12. The van der Waals surface area contributed by atoms with Crippen molar-refractivity contribution in [2.24, 2.45) is 0 Å². The Bertz CT molecular complexity index is 1240. The largest absolute Gasteiger partial charge is 0.507 e. The summed E-state index contributed by atoms with van der Waals surface area (Å²) in [6.45, 7) is 0.00788. The Morgan fingerprint density at radius 1 is 1.09 bits per heavy atom. The molecular weight excluding hydrogens is 427 g/mol. The Morgan fingerprint density at radius 2 is 1.88 bits per heavy atom. The minimum absolute atomic E-state index is 0.00788. The molecule has 2 heterocycles. The number of pyridine rings is 1. The average molecular weight is 448 g/mol. The van der Waals surface area contributed by atoms with Crippen molar-refractivity contribution in [1.82, 2.24) is 9.88 Å². The van der Waals surface area contributed by atoms with Gasteiger partial charge in [-0.05, 0) is 29.8 Å². The lowest BCUT2D eigenvalue weighted by molar-refractivity contribution is -0.140. The quantitative estimate of drug-likeness (QED) is 0.350. The Balaban J connectivity index is 1.91. The van der Waals surface area contributed by atoms with Crippen LogP contribution in [0.15, 0.2) is 72.6 Å². The molecule has 1 atom stereocenters. The van der Waals surface area contributed by atoms with E-state index in [0.29, 0.717) is 11.3 Å². The van der Waals surface area contributed by atoms with Gasteiger partial charge in [0.05, 0.1) is 31.4 Å². The maximum atomic E-state index is 14.9. The summed E-state index contributed by atoms with van der Waals surface area (Å²) < 4.78 is 25.4. The summed E-state index contributed by atoms with van der Waals surface area (Å²) in [4.78, 5) is 31.4. The number of hydrogen-bond donors (Lipinski definition) is 1. The number of Topliss-reactive ketones (excluding diaryl/α,β-unsaturated/α-hetero) is 1. The lowest BCUT2D eigenvalue weighted by atomic mass is 9.94. The van der Waals surface area contributed by atoms with Crippen LogP contribution in [-0.2, 0) is 16.1 Å². The number of carbonyl (C=O) groups is 2. The van der Waals surface area contributed by atoms with Gasteiger partial charge in [-0.2, -0.15) is 0 Å². The van der Waals surface area contributed by atoms with Crippen LogP contribution in [0.4, 0.5) is 4.39 Å². The zero-order valence-corrected chi connectivity index (χ0v) is 18.0. The smallest absolute Gasteiger partial charge is 0.295 e. The first kappa shape index (κ1) is 22.0. The fourth-order valence-corrected chi connectivity index (χ4v) is 3.89. The second-order valence-electron chi connectivity index (χ2n) is 7.38. The minimum atomic E-state index is -1.14. The molecule has 0 spiro atoms. The van der Waals surface area contributed by atoms with Gasteiger partial charge in [-0.3, -0.25) is 14.6 Å². The van der Waals surface area contributed by atoms with Crippen LogP contribution in [0, 0.1) is 5.82 Å². The molecule has 1 saturated heterocycles. The van der Waals surface area contributed by atoms with Crippen LogP contribution in [0.1, 0.15) is 22.7 Å². The van der Waals surface area contributed by atoms with Crippen molar-refractivity contribution in [3.63, 3.8) is 0 Å². The van der Waals surface area contributed by atoms with Crippen molar-refractivity contribution < 1.29 is 28.6 Å². The molecule has 8 heteroatoms. The summed E-state index contributed by atoms with van der Waals surface area (Å²) in [6, 6.07) is 12.8. The number of ketones is 1. The number of nitrogens with zero attached hydrogens (tertiary/aromatic N) is 2. The average Bonchev–Trinajstić information content (AvgIpc) is 3.09. The molecule has 1 N–H and O–H groups in total. The van der Waals surface area contributed by atoms with Crippen molar-refractivity contribution in [1.29, 1.82) is 0 Å². The number of amides is 1. The number of methoxy groups -OCH3 is 2. The highest BCUT2D eigenvalue weighted by Gasteiger charge is 2.47. The summed E-state index contributed by atoms with van der Waals surface area (Å²) >= 11 is 0. The number of benzene rings is 2. The monoisotopic (exact) mass is 448 g/mol. The molecule has 2 aromatic carbocycles. The van der Waals surface area contributed by atoms with Crippen LogP contribution < -0.4 is 9.47 Å². The van der Waals surface area contributed by atoms with Crippen molar-refractivity contribution in [2.75, 3.05) is 14.2 Å². The molecule has 1 fully saturated rings. The third-order valence-corrected chi connectivity index (χ3v) is 5.48. The van der Waals surface area contributed by atoms with Gasteiger partial charge in [0.25, 0.3) is 11.7 Å². The van der Waals surface area contributed by atoms with Crippen molar-refractivity contribution in [3.05, 3.63) is 95.1 Å². The Labute approximate surface area is 189 Å². The number of halogens is 1. The van der Waals surface area contributed by atoms with Crippen molar-refractivity contribution in [3.8, 4) is 11.5 Å². The maximum Gasteiger partial charge on any atom is 0.295 e. The molecule has 1 aliphatic heterocycles. The van der Waals surface area contributed by atoms with Crippen LogP contribution in [0.5, 0.6) is 11.5 Å². The van der Waals surface area contributed by atoms with E-state index in [2.05, 4.69) is 4.98 Å². The molecule has 4 rings (SSSR count). The number of aliphatic hydroxyl groups is 1. The second-order valence-corrected chi connectivity index (χ2v) is 7.38. The van der Waals surface area contributed by atoms with Crippen LogP contribution in [-0.4, -0.2) is 40.9 Å². The minimum Gasteiger partial charge on any atom is -0.507 e. The van der Waals surface area contributed by atoms with E-state index in [4.69, 9.17) is 9.47 Å². The first-order chi connectivity index (χ1) is 16.0. The maximum absolute atomic E-state index is 14.9. The molecule has 1 aromatic heterocycles. The number of aromatic nitrogens is 1. The van der Waals surface area contributed by atoms with Gasteiger partial charge < -0.3 is 19.5 Å². The van der Waals surface area contributed by atoms with E-state index in [9.17, 15) is 19.1 Å². The Hall–Kier alpha value is -4.20. The molecule has 7 nitrogen and oxygen atoms in total. The lowest BCUT2D eigenvalue weighted by Gasteiger charge is -2.25. The number of likely N-dealkylation sites (tertiary alicyclic amines) is 1. The first-order valence-electron chi connectivity index (χ1n) is 10.1. The zero-order valence-electron chi connectivity index (χ0n) is 18.0. The molecule has 0 unspecified atom stereocenters. The highest BCUT2D eigenvalue weighted by Crippen LogP contribution is 2.42. The van der Waals surface area contributed by atoms with Crippen LogP contribution in [0.3, 0.4) is 0 Å². The summed E-state index contributed by atoms with van der Waals surface area (Å²) in [7, 11) is 2.89. The molecule has 168 valence electrons. The number of ether oxygens (including phenoxy) is 2. The molecule has 0 bridgehead atoms. The van der Waals surface area contributed by atoms with E-state index < -0.39 is 29.3 Å². The van der Waals surface area contributed by atoms with Crippen LogP contribution in [0.25, 0.3) is 5.76 Å². The van der Waals surface area contributed by atoms with E-state index in [1.54, 1.807) is 42.7 Å². The van der Waals surface area contributed by atoms with Crippen LogP contribution in [0.2, 0.25) is 0 Å². The molecule has 1 aliphatic rings. The lowest BCUT2D eigenvalue weighted by Crippen LogP contribution is -2.29. The Kier molecular flexibility index (Phi) is 6.08. The van der Waals surface area contributed by atoms with Gasteiger partial charge in [0, 0.05) is 30.6 Å². The third-order valence-electron chi connectivity index (χ3n) is 5.48. The number of rotatable bonds is 6.